The summed E-state index contributed by atoms with van der Waals surface area (Å²) in [4.78, 5) is 4.48. The van der Waals surface area contributed by atoms with Crippen LogP contribution in [0.5, 0.6) is 5.75 Å². The predicted molar refractivity (Wildman–Crippen MR) is 119 cm³/mol. The minimum atomic E-state index is 0.518. The van der Waals surface area contributed by atoms with E-state index in [2.05, 4.69) is 59.4 Å². The van der Waals surface area contributed by atoms with Gasteiger partial charge in [0.15, 0.2) is 0 Å². The molecule has 25 heavy (non-hydrogen) atoms. The van der Waals surface area contributed by atoms with Gasteiger partial charge in [-0.15, -0.1) is 0 Å². The molecule has 3 rings (SSSR count). The molecule has 126 valence electrons. The Morgan fingerprint density at radius 2 is 1.64 bits per heavy atom. The molecule has 0 aliphatic carbocycles. The van der Waals surface area contributed by atoms with Crippen LogP contribution in [0.15, 0.2) is 80.7 Å². The maximum Gasteiger partial charge on any atom is 0.119 e. The van der Waals surface area contributed by atoms with Gasteiger partial charge in [-0.05, 0) is 88.8 Å². The van der Waals surface area contributed by atoms with E-state index >= 15 is 0 Å². The number of ether oxygens (including phenoxy) is 1. The fourth-order valence-corrected chi connectivity index (χ4v) is 3.65. The Morgan fingerprint density at radius 1 is 0.920 bits per heavy atom. The molecule has 0 bridgehead atoms. The van der Waals surface area contributed by atoms with Crippen LogP contribution in [-0.4, -0.2) is 6.21 Å². The Labute approximate surface area is 177 Å². The zero-order valence-electron chi connectivity index (χ0n) is 13.1. The average Bonchev–Trinajstić information content (AvgIpc) is 2.61. The standard InChI is InChI=1S/C20H14Br2INO/c21-16-4-3-15(20(22)11-16)13-25-19-9-1-14(2-10-19)12-24-18-7-5-17(23)6-8-18/h1-12H,13H2. The smallest absolute Gasteiger partial charge is 0.119 e. The molecule has 3 aromatic carbocycles. The Bertz CT molecular complexity index is 877. The molecule has 0 spiro atoms. The number of hydrogen-bond acceptors (Lipinski definition) is 2. The van der Waals surface area contributed by atoms with E-state index < -0.39 is 0 Å². The van der Waals surface area contributed by atoms with Crippen molar-refractivity contribution in [1.29, 1.82) is 0 Å². The van der Waals surface area contributed by atoms with Crippen LogP contribution in [0.3, 0.4) is 0 Å². The Hall–Kier alpha value is -1.18. The molecule has 0 saturated carbocycles. The van der Waals surface area contributed by atoms with Crippen molar-refractivity contribution in [2.75, 3.05) is 0 Å². The maximum absolute atomic E-state index is 5.85. The molecule has 0 unspecified atom stereocenters. The SMILES string of the molecule is Brc1ccc(COc2ccc(C=Nc3ccc(I)cc3)cc2)c(Br)c1. The van der Waals surface area contributed by atoms with Crippen LogP contribution in [0.4, 0.5) is 5.69 Å². The molecule has 0 N–H and O–H groups in total. The third kappa shape index (κ3) is 5.66. The van der Waals surface area contributed by atoms with Gasteiger partial charge in [0, 0.05) is 24.3 Å². The minimum Gasteiger partial charge on any atom is -0.489 e. The summed E-state index contributed by atoms with van der Waals surface area (Å²) in [7, 11) is 0. The first-order chi connectivity index (χ1) is 12.1. The number of rotatable bonds is 5. The van der Waals surface area contributed by atoms with E-state index in [4.69, 9.17) is 4.74 Å². The summed E-state index contributed by atoms with van der Waals surface area (Å²) in [5, 5.41) is 0. The maximum atomic E-state index is 5.85. The van der Waals surface area contributed by atoms with Crippen molar-refractivity contribution in [3.63, 3.8) is 0 Å². The number of halogens is 3. The van der Waals surface area contributed by atoms with Crippen molar-refractivity contribution in [2.45, 2.75) is 6.61 Å². The number of aliphatic imine (C=N–C) groups is 1. The molecule has 2 nitrogen and oxygen atoms in total. The van der Waals surface area contributed by atoms with E-state index in [1.54, 1.807) is 0 Å². The lowest BCUT2D eigenvalue weighted by Gasteiger charge is -2.08. The van der Waals surface area contributed by atoms with Crippen molar-refractivity contribution in [1.82, 2.24) is 0 Å². The van der Waals surface area contributed by atoms with Gasteiger partial charge in [-0.3, -0.25) is 4.99 Å². The van der Waals surface area contributed by atoms with Crippen LogP contribution < -0.4 is 4.74 Å². The van der Waals surface area contributed by atoms with Crippen LogP contribution in [0, 0.1) is 3.57 Å². The predicted octanol–water partition coefficient (Wildman–Crippen LogP) is 7.15. The van der Waals surface area contributed by atoms with E-state index in [0.717, 1.165) is 31.5 Å². The van der Waals surface area contributed by atoms with Gasteiger partial charge in [0.05, 0.1) is 5.69 Å². The van der Waals surface area contributed by atoms with E-state index in [1.165, 1.54) is 3.57 Å². The molecule has 0 atom stereocenters. The van der Waals surface area contributed by atoms with Crippen LogP contribution in [-0.2, 0) is 6.61 Å². The fourth-order valence-electron chi connectivity index (χ4n) is 2.13. The Balaban J connectivity index is 1.61. The first kappa shape index (κ1) is 18.6. The fraction of sp³-hybridized carbons (Fsp3) is 0.0500. The van der Waals surface area contributed by atoms with Crippen molar-refractivity contribution in [2.24, 2.45) is 4.99 Å². The zero-order valence-corrected chi connectivity index (χ0v) is 18.5. The Kier molecular flexibility index (Phi) is 6.67. The second-order valence-electron chi connectivity index (χ2n) is 5.33. The molecule has 0 aliphatic rings. The summed E-state index contributed by atoms with van der Waals surface area (Å²) in [5.74, 6) is 0.834. The van der Waals surface area contributed by atoms with E-state index in [9.17, 15) is 0 Å². The second kappa shape index (κ2) is 8.96. The second-order valence-corrected chi connectivity index (χ2v) is 8.34. The lowest BCUT2D eigenvalue weighted by atomic mass is 10.2. The highest BCUT2D eigenvalue weighted by Crippen LogP contribution is 2.23. The zero-order chi connectivity index (χ0) is 17.6. The van der Waals surface area contributed by atoms with Gasteiger partial charge in [0.2, 0.25) is 0 Å². The molecule has 0 saturated heterocycles. The summed E-state index contributed by atoms with van der Waals surface area (Å²) in [6.07, 6.45) is 1.86. The summed E-state index contributed by atoms with van der Waals surface area (Å²) < 4.78 is 9.13. The molecule has 0 amide bonds. The van der Waals surface area contributed by atoms with Crippen LogP contribution in [0.25, 0.3) is 0 Å². The van der Waals surface area contributed by atoms with Gasteiger partial charge in [-0.1, -0.05) is 37.9 Å². The molecule has 0 heterocycles. The number of nitrogens with zero attached hydrogens (tertiary/aromatic N) is 1. The molecule has 0 aromatic heterocycles. The van der Waals surface area contributed by atoms with Crippen LogP contribution in [0.2, 0.25) is 0 Å². The van der Waals surface area contributed by atoms with Crippen molar-refractivity contribution in [3.8, 4) is 5.75 Å². The van der Waals surface area contributed by atoms with Crippen molar-refractivity contribution >= 4 is 66.4 Å². The minimum absolute atomic E-state index is 0.518. The van der Waals surface area contributed by atoms with Gasteiger partial charge >= 0.3 is 0 Å². The van der Waals surface area contributed by atoms with E-state index in [-0.39, 0.29) is 0 Å². The molecule has 5 heteroatoms. The monoisotopic (exact) mass is 569 g/mol. The average molecular weight is 571 g/mol. The molecule has 0 fully saturated rings. The van der Waals surface area contributed by atoms with Crippen molar-refractivity contribution < 1.29 is 4.74 Å². The number of benzene rings is 3. The molecule has 0 aliphatic heterocycles. The van der Waals surface area contributed by atoms with Crippen LogP contribution in [0.1, 0.15) is 11.1 Å². The first-order valence-electron chi connectivity index (χ1n) is 7.56. The topological polar surface area (TPSA) is 21.6 Å². The highest BCUT2D eigenvalue weighted by molar-refractivity contribution is 14.1. The first-order valence-corrected chi connectivity index (χ1v) is 10.2. The highest BCUT2D eigenvalue weighted by atomic mass is 127. The van der Waals surface area contributed by atoms with Gasteiger partial charge in [0.25, 0.3) is 0 Å². The van der Waals surface area contributed by atoms with Crippen LogP contribution >= 0.6 is 54.5 Å². The van der Waals surface area contributed by atoms with Crippen molar-refractivity contribution in [3.05, 3.63) is 90.4 Å². The lowest BCUT2D eigenvalue weighted by Crippen LogP contribution is -1.96. The quantitative estimate of drug-likeness (QED) is 0.236. The molecule has 3 aromatic rings. The summed E-state index contributed by atoms with van der Waals surface area (Å²) >= 11 is 9.29. The highest BCUT2D eigenvalue weighted by Gasteiger charge is 2.02. The molecule has 0 radical (unpaired) electrons. The third-order valence-electron chi connectivity index (χ3n) is 3.48. The summed E-state index contributed by atoms with van der Waals surface area (Å²) in [6, 6.07) is 22.1. The lowest BCUT2D eigenvalue weighted by molar-refractivity contribution is 0.305. The Morgan fingerprint density at radius 3 is 2.32 bits per heavy atom. The van der Waals surface area contributed by atoms with Gasteiger partial charge in [0.1, 0.15) is 12.4 Å². The van der Waals surface area contributed by atoms with Gasteiger partial charge in [-0.2, -0.15) is 0 Å². The molecular formula is C20H14Br2INO. The normalized spacial score (nSPS) is 11.0. The third-order valence-corrected chi connectivity index (χ3v) is 5.43. The largest absolute Gasteiger partial charge is 0.489 e. The van der Waals surface area contributed by atoms with E-state index in [0.29, 0.717) is 6.61 Å². The summed E-state index contributed by atoms with van der Waals surface area (Å²) in [5.41, 5.74) is 3.09. The molecular weight excluding hydrogens is 557 g/mol. The van der Waals surface area contributed by atoms with Gasteiger partial charge in [-0.25, -0.2) is 0 Å². The number of hydrogen-bond donors (Lipinski definition) is 0. The summed E-state index contributed by atoms with van der Waals surface area (Å²) in [6.45, 7) is 0.518. The van der Waals surface area contributed by atoms with E-state index in [1.807, 2.05) is 72.9 Å². The van der Waals surface area contributed by atoms with Gasteiger partial charge < -0.3 is 4.74 Å².